The summed E-state index contributed by atoms with van der Waals surface area (Å²) >= 11 is 0. The van der Waals surface area contributed by atoms with Gasteiger partial charge in [0.1, 0.15) is 5.82 Å². The highest BCUT2D eigenvalue weighted by atomic mass is 19.1. The summed E-state index contributed by atoms with van der Waals surface area (Å²) in [5.74, 6) is -0.599. The van der Waals surface area contributed by atoms with E-state index in [9.17, 15) is 9.18 Å². The summed E-state index contributed by atoms with van der Waals surface area (Å²) in [6.45, 7) is 1.05. The van der Waals surface area contributed by atoms with Gasteiger partial charge in [-0.15, -0.1) is 0 Å². The molecule has 0 atom stereocenters. The molecule has 2 aromatic rings. The van der Waals surface area contributed by atoms with Gasteiger partial charge in [-0.2, -0.15) is 0 Å². The average molecular weight is 299 g/mol. The van der Waals surface area contributed by atoms with Crippen LogP contribution in [-0.2, 0) is 14.9 Å². The number of amides is 1. The van der Waals surface area contributed by atoms with Crippen LogP contribution in [0.25, 0.3) is 0 Å². The molecule has 1 amide bonds. The molecule has 2 aromatic carbocycles. The third-order valence-electron chi connectivity index (χ3n) is 4.23. The Morgan fingerprint density at radius 2 is 1.64 bits per heavy atom. The van der Waals surface area contributed by atoms with E-state index in [0.29, 0.717) is 26.1 Å². The summed E-state index contributed by atoms with van der Waals surface area (Å²) in [5.41, 5.74) is 0.503. The van der Waals surface area contributed by atoms with Crippen molar-refractivity contribution in [2.24, 2.45) is 0 Å². The lowest BCUT2D eigenvalue weighted by Crippen LogP contribution is -2.45. The first kappa shape index (κ1) is 14.7. The van der Waals surface area contributed by atoms with Gasteiger partial charge in [-0.1, -0.05) is 42.5 Å². The van der Waals surface area contributed by atoms with Crippen LogP contribution in [-0.4, -0.2) is 19.1 Å². The van der Waals surface area contributed by atoms with Gasteiger partial charge < -0.3 is 10.1 Å². The standard InChI is InChI=1S/C18H18FNO2/c19-15-8-4-5-9-16(15)20-17(21)18(10-12-22-13-11-18)14-6-2-1-3-7-14/h1-9H,10-13H2,(H,20,21). The number of nitrogens with one attached hydrogen (secondary N) is 1. The zero-order chi connectivity index (χ0) is 15.4. The fourth-order valence-corrected chi connectivity index (χ4v) is 2.93. The van der Waals surface area contributed by atoms with Crippen molar-refractivity contribution in [3.8, 4) is 0 Å². The minimum Gasteiger partial charge on any atom is -0.381 e. The summed E-state index contributed by atoms with van der Waals surface area (Å²) < 4.78 is 19.2. The minimum atomic E-state index is -0.665. The fourth-order valence-electron chi connectivity index (χ4n) is 2.93. The van der Waals surface area contributed by atoms with Crippen LogP contribution in [0.2, 0.25) is 0 Å². The molecule has 1 aliphatic heterocycles. The van der Waals surface area contributed by atoms with E-state index in [1.54, 1.807) is 18.2 Å². The third-order valence-corrected chi connectivity index (χ3v) is 4.23. The van der Waals surface area contributed by atoms with Crippen LogP contribution < -0.4 is 5.32 Å². The number of carbonyl (C=O) groups excluding carboxylic acids is 1. The first-order valence-corrected chi connectivity index (χ1v) is 7.42. The van der Waals surface area contributed by atoms with Gasteiger partial charge in [0.25, 0.3) is 0 Å². The molecule has 0 radical (unpaired) electrons. The molecule has 1 heterocycles. The van der Waals surface area contributed by atoms with Gasteiger partial charge in [0.05, 0.1) is 11.1 Å². The molecule has 1 aliphatic rings. The van der Waals surface area contributed by atoms with Gasteiger partial charge >= 0.3 is 0 Å². The number of carbonyl (C=O) groups is 1. The van der Waals surface area contributed by atoms with Crippen molar-refractivity contribution in [1.82, 2.24) is 0 Å². The summed E-state index contributed by atoms with van der Waals surface area (Å²) in [4.78, 5) is 12.9. The van der Waals surface area contributed by atoms with Crippen LogP contribution in [0.1, 0.15) is 18.4 Å². The van der Waals surface area contributed by atoms with E-state index in [0.717, 1.165) is 5.56 Å². The number of para-hydroxylation sites is 1. The van der Waals surface area contributed by atoms with E-state index >= 15 is 0 Å². The second-order valence-corrected chi connectivity index (χ2v) is 5.49. The van der Waals surface area contributed by atoms with E-state index in [1.165, 1.54) is 6.07 Å². The molecule has 4 heteroatoms. The summed E-state index contributed by atoms with van der Waals surface area (Å²) in [7, 11) is 0. The molecular formula is C18H18FNO2. The van der Waals surface area contributed by atoms with E-state index in [2.05, 4.69) is 5.32 Å². The highest BCUT2D eigenvalue weighted by Crippen LogP contribution is 2.36. The molecule has 0 saturated carbocycles. The first-order valence-electron chi connectivity index (χ1n) is 7.42. The van der Waals surface area contributed by atoms with Crippen molar-refractivity contribution >= 4 is 11.6 Å². The van der Waals surface area contributed by atoms with E-state index in [4.69, 9.17) is 4.74 Å². The number of hydrogen-bond acceptors (Lipinski definition) is 2. The molecule has 0 spiro atoms. The van der Waals surface area contributed by atoms with Crippen LogP contribution in [0, 0.1) is 5.82 Å². The normalized spacial score (nSPS) is 17.0. The second kappa shape index (κ2) is 6.28. The van der Waals surface area contributed by atoms with Crippen molar-refractivity contribution < 1.29 is 13.9 Å². The molecule has 22 heavy (non-hydrogen) atoms. The number of halogens is 1. The topological polar surface area (TPSA) is 38.3 Å². The van der Waals surface area contributed by atoms with Gasteiger partial charge in [-0.3, -0.25) is 4.79 Å². The Hall–Kier alpha value is -2.20. The molecule has 3 rings (SSSR count). The Kier molecular flexibility index (Phi) is 4.20. The molecule has 1 saturated heterocycles. The predicted molar refractivity (Wildman–Crippen MR) is 83.2 cm³/mol. The van der Waals surface area contributed by atoms with Gasteiger partial charge in [0.15, 0.2) is 0 Å². The van der Waals surface area contributed by atoms with Crippen LogP contribution in [0.3, 0.4) is 0 Å². The van der Waals surface area contributed by atoms with Crippen molar-refractivity contribution in [3.63, 3.8) is 0 Å². The maximum absolute atomic E-state index is 13.8. The van der Waals surface area contributed by atoms with Crippen LogP contribution in [0.15, 0.2) is 54.6 Å². The Morgan fingerprint density at radius 3 is 2.32 bits per heavy atom. The summed E-state index contributed by atoms with van der Waals surface area (Å²) in [6, 6.07) is 15.9. The SMILES string of the molecule is O=C(Nc1ccccc1F)C1(c2ccccc2)CCOCC1. The molecule has 1 N–H and O–H groups in total. The zero-order valence-corrected chi connectivity index (χ0v) is 12.2. The number of rotatable bonds is 3. The Bertz CT molecular complexity index is 651. The maximum Gasteiger partial charge on any atom is 0.235 e. The lowest BCUT2D eigenvalue weighted by Gasteiger charge is -2.36. The number of hydrogen-bond donors (Lipinski definition) is 1. The van der Waals surface area contributed by atoms with E-state index in [-0.39, 0.29) is 11.6 Å². The van der Waals surface area contributed by atoms with Crippen LogP contribution in [0.4, 0.5) is 10.1 Å². The summed E-state index contributed by atoms with van der Waals surface area (Å²) in [5, 5.41) is 2.75. The van der Waals surface area contributed by atoms with E-state index in [1.807, 2.05) is 30.3 Å². The monoisotopic (exact) mass is 299 g/mol. The first-order chi connectivity index (χ1) is 10.7. The van der Waals surface area contributed by atoms with E-state index < -0.39 is 11.2 Å². The van der Waals surface area contributed by atoms with Gasteiger partial charge in [0.2, 0.25) is 5.91 Å². The molecule has 0 unspecified atom stereocenters. The molecule has 1 fully saturated rings. The lowest BCUT2D eigenvalue weighted by atomic mass is 9.73. The van der Waals surface area contributed by atoms with Crippen LogP contribution >= 0.6 is 0 Å². The number of benzene rings is 2. The molecule has 0 aromatic heterocycles. The van der Waals surface area contributed by atoms with Crippen molar-refractivity contribution in [2.45, 2.75) is 18.3 Å². The second-order valence-electron chi connectivity index (χ2n) is 5.49. The quantitative estimate of drug-likeness (QED) is 0.942. The van der Waals surface area contributed by atoms with Crippen LogP contribution in [0.5, 0.6) is 0 Å². The average Bonchev–Trinajstić information content (AvgIpc) is 2.58. The molecule has 0 aliphatic carbocycles. The largest absolute Gasteiger partial charge is 0.381 e. The number of anilines is 1. The smallest absolute Gasteiger partial charge is 0.235 e. The Labute approximate surface area is 129 Å². The highest BCUT2D eigenvalue weighted by Gasteiger charge is 2.41. The molecule has 114 valence electrons. The van der Waals surface area contributed by atoms with Gasteiger partial charge in [-0.25, -0.2) is 4.39 Å². The van der Waals surface area contributed by atoms with Gasteiger partial charge in [0, 0.05) is 13.2 Å². The van der Waals surface area contributed by atoms with Crippen molar-refractivity contribution in [3.05, 3.63) is 66.0 Å². The Balaban J connectivity index is 1.93. The predicted octanol–water partition coefficient (Wildman–Crippen LogP) is 3.51. The zero-order valence-electron chi connectivity index (χ0n) is 12.2. The van der Waals surface area contributed by atoms with Gasteiger partial charge in [-0.05, 0) is 30.5 Å². The molecular weight excluding hydrogens is 281 g/mol. The highest BCUT2D eigenvalue weighted by molar-refractivity contribution is 5.99. The number of ether oxygens (including phenoxy) is 1. The summed E-state index contributed by atoms with van der Waals surface area (Å²) in [6.07, 6.45) is 1.19. The fraction of sp³-hybridized carbons (Fsp3) is 0.278. The van der Waals surface area contributed by atoms with Crippen molar-refractivity contribution in [2.75, 3.05) is 18.5 Å². The lowest BCUT2D eigenvalue weighted by molar-refractivity contribution is -0.125. The molecule has 0 bridgehead atoms. The molecule has 3 nitrogen and oxygen atoms in total. The Morgan fingerprint density at radius 1 is 1.00 bits per heavy atom. The minimum absolute atomic E-state index is 0.174. The third kappa shape index (κ3) is 2.74. The van der Waals surface area contributed by atoms with Crippen molar-refractivity contribution in [1.29, 1.82) is 0 Å². The maximum atomic E-state index is 13.8.